The highest BCUT2D eigenvalue weighted by atomic mass is 16.5. The zero-order chi connectivity index (χ0) is 24.1. The fourth-order valence-electron chi connectivity index (χ4n) is 4.04. The molecule has 0 aromatic heterocycles. The van der Waals surface area contributed by atoms with Gasteiger partial charge < -0.3 is 29.0 Å². The number of hydrogen-bond acceptors (Lipinski definition) is 7. The summed E-state index contributed by atoms with van der Waals surface area (Å²) < 4.78 is 21.3. The molecule has 1 aliphatic heterocycles. The molecule has 1 aliphatic rings. The topological polar surface area (TPSA) is 94.5 Å². The third-order valence-corrected chi connectivity index (χ3v) is 5.71. The lowest BCUT2D eigenvalue weighted by Gasteiger charge is -2.27. The third kappa shape index (κ3) is 4.66. The van der Waals surface area contributed by atoms with Crippen molar-refractivity contribution >= 4 is 17.4 Å². The Morgan fingerprint density at radius 2 is 1.64 bits per heavy atom. The van der Waals surface area contributed by atoms with Crippen molar-refractivity contribution in [2.24, 2.45) is 0 Å². The summed E-state index contributed by atoms with van der Waals surface area (Å²) in [6.45, 7) is 2.48. The summed E-state index contributed by atoms with van der Waals surface area (Å²) in [6, 6.07) is 9.42. The van der Waals surface area contributed by atoms with E-state index in [4.69, 9.17) is 18.9 Å². The van der Waals surface area contributed by atoms with Gasteiger partial charge in [-0.1, -0.05) is 0 Å². The number of methoxy groups -OCH3 is 4. The number of amides is 1. The quantitative estimate of drug-likeness (QED) is 0.268. The standard InChI is InChI=1S/C25H29NO7/c1-15-13-16(31-3)7-9-18(15)23(27)21-22(19-14-17(32-4)8-10-20(19)33-5)26(11-6-12-30-2)25(29)24(21)28/h7-10,13-14,22,27H,6,11-12H2,1-5H3/b23-21+/t22-/m0/s1. The van der Waals surface area contributed by atoms with Gasteiger partial charge in [-0.05, 0) is 55.3 Å². The summed E-state index contributed by atoms with van der Waals surface area (Å²) in [5.41, 5.74) is 1.68. The van der Waals surface area contributed by atoms with Crippen molar-refractivity contribution in [1.29, 1.82) is 0 Å². The summed E-state index contributed by atoms with van der Waals surface area (Å²) in [6.07, 6.45) is 0.522. The van der Waals surface area contributed by atoms with Gasteiger partial charge in [-0.2, -0.15) is 0 Å². The van der Waals surface area contributed by atoms with Crippen LogP contribution in [0.15, 0.2) is 42.0 Å². The number of benzene rings is 2. The molecule has 0 bridgehead atoms. The Hall–Kier alpha value is -3.52. The van der Waals surface area contributed by atoms with Crippen molar-refractivity contribution in [2.45, 2.75) is 19.4 Å². The van der Waals surface area contributed by atoms with Gasteiger partial charge in [0.15, 0.2) is 0 Å². The highest BCUT2D eigenvalue weighted by Crippen LogP contribution is 2.44. The fourth-order valence-corrected chi connectivity index (χ4v) is 4.04. The van der Waals surface area contributed by atoms with Gasteiger partial charge in [-0.25, -0.2) is 0 Å². The van der Waals surface area contributed by atoms with Crippen molar-refractivity contribution < 1.29 is 33.6 Å². The molecule has 2 aromatic rings. The first-order chi connectivity index (χ1) is 15.9. The molecule has 0 unspecified atom stereocenters. The molecule has 8 heteroatoms. The minimum absolute atomic E-state index is 0.00256. The molecule has 0 radical (unpaired) electrons. The minimum atomic E-state index is -0.853. The Bertz CT molecular complexity index is 1080. The molecule has 1 atom stereocenters. The van der Waals surface area contributed by atoms with E-state index < -0.39 is 17.7 Å². The van der Waals surface area contributed by atoms with Crippen molar-refractivity contribution in [3.63, 3.8) is 0 Å². The second-order valence-electron chi connectivity index (χ2n) is 7.63. The van der Waals surface area contributed by atoms with Gasteiger partial charge in [-0.3, -0.25) is 9.59 Å². The van der Waals surface area contributed by atoms with Gasteiger partial charge in [0, 0.05) is 31.4 Å². The third-order valence-electron chi connectivity index (χ3n) is 5.71. The minimum Gasteiger partial charge on any atom is -0.507 e. The van der Waals surface area contributed by atoms with E-state index >= 15 is 0 Å². The van der Waals surface area contributed by atoms with Crippen LogP contribution in [-0.4, -0.2) is 63.3 Å². The first-order valence-electron chi connectivity index (χ1n) is 10.5. The van der Waals surface area contributed by atoms with Gasteiger partial charge in [0.05, 0.1) is 32.9 Å². The Morgan fingerprint density at radius 1 is 0.970 bits per heavy atom. The summed E-state index contributed by atoms with van der Waals surface area (Å²) in [4.78, 5) is 27.7. The molecule has 0 aliphatic carbocycles. The van der Waals surface area contributed by atoms with E-state index in [1.54, 1.807) is 57.5 Å². The molecule has 33 heavy (non-hydrogen) atoms. The maximum Gasteiger partial charge on any atom is 0.295 e. The molecular formula is C25H29NO7. The second kappa shape index (κ2) is 10.4. The van der Waals surface area contributed by atoms with E-state index in [-0.39, 0.29) is 17.9 Å². The zero-order valence-corrected chi connectivity index (χ0v) is 19.5. The number of Topliss-reactive ketones (excluding diaryl/α,β-unsaturated/α-hetero) is 1. The lowest BCUT2D eigenvalue weighted by atomic mass is 9.93. The maximum atomic E-state index is 13.2. The van der Waals surface area contributed by atoms with Crippen LogP contribution in [0.3, 0.4) is 0 Å². The van der Waals surface area contributed by atoms with Crippen LogP contribution in [0.1, 0.15) is 29.2 Å². The summed E-state index contributed by atoms with van der Waals surface area (Å²) in [5, 5.41) is 11.3. The number of carbonyl (C=O) groups is 2. The van der Waals surface area contributed by atoms with Crippen LogP contribution in [0.4, 0.5) is 0 Å². The summed E-state index contributed by atoms with van der Waals surface area (Å²) in [5.74, 6) is -0.0675. The smallest absolute Gasteiger partial charge is 0.295 e. The number of hydrogen-bond donors (Lipinski definition) is 1. The van der Waals surface area contributed by atoms with Crippen molar-refractivity contribution in [1.82, 2.24) is 4.90 Å². The first kappa shape index (κ1) is 24.1. The predicted octanol–water partition coefficient (Wildman–Crippen LogP) is 3.48. The number of ketones is 1. The van der Waals surface area contributed by atoms with Crippen LogP contribution in [0.2, 0.25) is 0 Å². The molecule has 2 aromatic carbocycles. The summed E-state index contributed by atoms with van der Waals surface area (Å²) >= 11 is 0. The number of carbonyl (C=O) groups excluding carboxylic acids is 2. The summed E-state index contributed by atoms with van der Waals surface area (Å²) in [7, 11) is 6.16. The van der Waals surface area contributed by atoms with Crippen LogP contribution in [0, 0.1) is 6.92 Å². The molecule has 1 heterocycles. The van der Waals surface area contributed by atoms with E-state index in [0.29, 0.717) is 47.0 Å². The number of likely N-dealkylation sites (tertiary alicyclic amines) is 1. The zero-order valence-electron chi connectivity index (χ0n) is 19.5. The molecule has 1 saturated heterocycles. The van der Waals surface area contributed by atoms with Crippen molar-refractivity contribution in [3.05, 3.63) is 58.7 Å². The van der Waals surface area contributed by atoms with Crippen LogP contribution in [0.25, 0.3) is 5.76 Å². The normalized spacial score (nSPS) is 17.4. The van der Waals surface area contributed by atoms with Gasteiger partial charge >= 0.3 is 0 Å². The SMILES string of the molecule is COCCCN1C(=O)C(=O)/C(=C(/O)c2ccc(OC)cc2C)[C@@H]1c1cc(OC)ccc1OC. The van der Waals surface area contributed by atoms with Crippen LogP contribution >= 0.6 is 0 Å². The van der Waals surface area contributed by atoms with E-state index in [1.165, 1.54) is 19.1 Å². The Kier molecular flexibility index (Phi) is 7.60. The second-order valence-corrected chi connectivity index (χ2v) is 7.63. The molecule has 3 rings (SSSR count). The number of rotatable bonds is 9. The number of aliphatic hydroxyl groups excluding tert-OH is 1. The molecule has 8 nitrogen and oxygen atoms in total. The van der Waals surface area contributed by atoms with E-state index in [1.807, 2.05) is 0 Å². The van der Waals surface area contributed by atoms with Gasteiger partial charge in [0.25, 0.3) is 11.7 Å². The Labute approximate surface area is 193 Å². The van der Waals surface area contributed by atoms with Crippen LogP contribution < -0.4 is 14.2 Å². The predicted molar refractivity (Wildman–Crippen MR) is 123 cm³/mol. The number of aliphatic hydroxyl groups is 1. The average Bonchev–Trinajstić information content (AvgIpc) is 3.08. The maximum absolute atomic E-state index is 13.2. The molecule has 1 fully saturated rings. The van der Waals surface area contributed by atoms with E-state index in [9.17, 15) is 14.7 Å². The number of nitrogens with zero attached hydrogens (tertiary/aromatic N) is 1. The fraction of sp³-hybridized carbons (Fsp3) is 0.360. The first-order valence-corrected chi connectivity index (χ1v) is 10.5. The lowest BCUT2D eigenvalue weighted by molar-refractivity contribution is -0.140. The van der Waals surface area contributed by atoms with E-state index in [2.05, 4.69) is 0 Å². The average molecular weight is 456 g/mol. The molecule has 0 saturated carbocycles. The molecule has 176 valence electrons. The van der Waals surface area contributed by atoms with Gasteiger partial charge in [0.2, 0.25) is 0 Å². The number of aryl methyl sites for hydroxylation is 1. The molecule has 0 spiro atoms. The van der Waals surface area contributed by atoms with Crippen LogP contribution in [0.5, 0.6) is 17.2 Å². The van der Waals surface area contributed by atoms with Crippen molar-refractivity contribution in [3.8, 4) is 17.2 Å². The van der Waals surface area contributed by atoms with Gasteiger partial charge in [0.1, 0.15) is 23.0 Å². The number of ether oxygens (including phenoxy) is 4. The highest BCUT2D eigenvalue weighted by Gasteiger charge is 2.47. The van der Waals surface area contributed by atoms with Gasteiger partial charge in [-0.15, -0.1) is 0 Å². The Morgan fingerprint density at radius 3 is 2.24 bits per heavy atom. The van der Waals surface area contributed by atoms with E-state index in [0.717, 1.165) is 0 Å². The molecule has 1 N–H and O–H groups in total. The highest BCUT2D eigenvalue weighted by molar-refractivity contribution is 6.46. The van der Waals surface area contributed by atoms with Crippen LogP contribution in [-0.2, 0) is 14.3 Å². The largest absolute Gasteiger partial charge is 0.507 e. The monoisotopic (exact) mass is 455 g/mol. The molecule has 1 amide bonds. The Balaban J connectivity index is 2.23. The molecular weight excluding hydrogens is 426 g/mol. The van der Waals surface area contributed by atoms with Crippen molar-refractivity contribution in [2.75, 3.05) is 41.6 Å². The lowest BCUT2D eigenvalue weighted by Crippen LogP contribution is -2.31.